The molecule has 4 heteroatoms. The van der Waals surface area contributed by atoms with Gasteiger partial charge in [-0.05, 0) is 61.1 Å². The zero-order valence-corrected chi connectivity index (χ0v) is 15.0. The van der Waals surface area contributed by atoms with Crippen molar-refractivity contribution < 1.29 is 8.96 Å². The van der Waals surface area contributed by atoms with E-state index in [0.29, 0.717) is 0 Å². The highest BCUT2D eigenvalue weighted by atomic mass is 32.1. The molecule has 4 aromatic rings. The summed E-state index contributed by atoms with van der Waals surface area (Å²) in [5.41, 5.74) is 7.10. The Hall–Kier alpha value is -2.33. The largest absolute Gasteiger partial charge is 0.287 e. The lowest BCUT2D eigenvalue weighted by atomic mass is 9.97. The monoisotopic (exact) mass is 337 g/mol. The summed E-state index contributed by atoms with van der Waals surface area (Å²) in [4.78, 5) is 4.61. The van der Waals surface area contributed by atoms with E-state index >= 15 is 0 Å². The normalized spacial score (nSPS) is 11.5. The number of hydrogen-bond acceptors (Lipinski definition) is 2. The van der Waals surface area contributed by atoms with Crippen LogP contribution in [0.5, 0.6) is 0 Å². The van der Waals surface area contributed by atoms with Gasteiger partial charge in [-0.1, -0.05) is 11.6 Å². The molecule has 2 nitrogen and oxygen atoms in total. The minimum absolute atomic E-state index is 0.206. The van der Waals surface area contributed by atoms with E-state index in [1.54, 1.807) is 17.4 Å². The molecule has 2 heterocycles. The van der Waals surface area contributed by atoms with Crippen molar-refractivity contribution in [2.45, 2.75) is 20.8 Å². The van der Waals surface area contributed by atoms with E-state index in [0.717, 1.165) is 26.0 Å². The van der Waals surface area contributed by atoms with Gasteiger partial charge in [0.05, 0.1) is 7.05 Å². The number of aromatic nitrogens is 2. The molecule has 0 amide bonds. The number of nitrogens with zero attached hydrogens (tertiary/aromatic N) is 2. The van der Waals surface area contributed by atoms with Gasteiger partial charge in [-0.15, -0.1) is 11.3 Å². The van der Waals surface area contributed by atoms with E-state index in [-0.39, 0.29) is 5.82 Å². The Labute approximate surface area is 144 Å². The van der Waals surface area contributed by atoms with Gasteiger partial charge in [0, 0.05) is 15.6 Å². The van der Waals surface area contributed by atoms with Crippen molar-refractivity contribution in [3.8, 4) is 11.3 Å². The molecule has 2 aromatic carbocycles. The molecule has 0 saturated carbocycles. The summed E-state index contributed by atoms with van der Waals surface area (Å²) in [5, 5.41) is 1.01. The first-order chi connectivity index (χ1) is 11.5. The van der Waals surface area contributed by atoms with Crippen molar-refractivity contribution in [2.75, 3.05) is 0 Å². The molecule has 4 rings (SSSR count). The van der Waals surface area contributed by atoms with E-state index in [9.17, 15) is 4.39 Å². The lowest BCUT2D eigenvalue weighted by Crippen LogP contribution is -2.31. The van der Waals surface area contributed by atoms with Crippen LogP contribution >= 0.6 is 11.3 Å². The van der Waals surface area contributed by atoms with Gasteiger partial charge < -0.3 is 0 Å². The van der Waals surface area contributed by atoms with Crippen LogP contribution in [0.2, 0.25) is 0 Å². The summed E-state index contributed by atoms with van der Waals surface area (Å²) in [6.07, 6.45) is 1.85. The number of fused-ring (bicyclic) bond motifs is 3. The second kappa shape index (κ2) is 5.35. The maximum Gasteiger partial charge on any atom is 0.287 e. The summed E-state index contributed by atoms with van der Waals surface area (Å²) >= 11 is 1.61. The summed E-state index contributed by atoms with van der Waals surface area (Å²) in [7, 11) is 2.02. The number of halogens is 1. The molecule has 120 valence electrons. The van der Waals surface area contributed by atoms with Crippen LogP contribution in [-0.2, 0) is 7.05 Å². The van der Waals surface area contributed by atoms with Gasteiger partial charge in [0.2, 0.25) is 5.52 Å². The molecule has 0 radical (unpaired) electrons. The molecule has 0 spiro atoms. The third kappa shape index (κ3) is 2.21. The number of rotatable bonds is 1. The number of hydrogen-bond donors (Lipinski definition) is 0. The van der Waals surface area contributed by atoms with E-state index in [1.165, 1.54) is 28.3 Å². The third-order valence-electron chi connectivity index (χ3n) is 4.62. The van der Waals surface area contributed by atoms with Crippen LogP contribution < -0.4 is 4.57 Å². The van der Waals surface area contributed by atoms with Gasteiger partial charge in [-0.25, -0.2) is 8.96 Å². The standard InChI is InChI=1S/C20H18FN2S/c1-11-7-12(2)13(3)16(8-11)19-20-18(22-10-23(19)4)15-6-5-14(21)9-17(15)24-20/h5-10H,1-4H3/q+1. The van der Waals surface area contributed by atoms with Crippen molar-refractivity contribution in [3.05, 3.63) is 59.2 Å². The second-order valence-electron chi connectivity index (χ2n) is 6.38. The Morgan fingerprint density at radius 2 is 1.88 bits per heavy atom. The van der Waals surface area contributed by atoms with Crippen molar-refractivity contribution in [1.82, 2.24) is 4.98 Å². The molecule has 2 aromatic heterocycles. The zero-order valence-electron chi connectivity index (χ0n) is 14.1. The highest BCUT2D eigenvalue weighted by molar-refractivity contribution is 7.26. The van der Waals surface area contributed by atoms with Gasteiger partial charge in [-0.2, -0.15) is 0 Å². The SMILES string of the molecule is Cc1cc(C)c(C)c(-c2c3sc4cc(F)ccc4c3nc[n+]2C)c1. The molecule has 0 aliphatic carbocycles. The van der Waals surface area contributed by atoms with E-state index in [4.69, 9.17) is 0 Å². The van der Waals surface area contributed by atoms with Crippen molar-refractivity contribution >= 4 is 31.6 Å². The van der Waals surface area contributed by atoms with Crippen LogP contribution in [0.25, 0.3) is 31.6 Å². The van der Waals surface area contributed by atoms with Gasteiger partial charge in [0.25, 0.3) is 6.33 Å². The first-order valence-corrected chi connectivity index (χ1v) is 8.72. The van der Waals surface area contributed by atoms with Gasteiger partial charge in [0.15, 0.2) is 5.69 Å². The van der Waals surface area contributed by atoms with Crippen LogP contribution in [0.3, 0.4) is 0 Å². The fourth-order valence-corrected chi connectivity index (χ4v) is 4.58. The molecule has 0 aliphatic heterocycles. The Balaban J connectivity index is 2.16. The van der Waals surface area contributed by atoms with E-state index in [2.05, 4.69) is 42.5 Å². The fraction of sp³-hybridized carbons (Fsp3) is 0.200. The first kappa shape index (κ1) is 15.2. The molecule has 0 saturated heterocycles. The Kier molecular flexibility index (Phi) is 3.39. The van der Waals surface area contributed by atoms with Crippen LogP contribution in [0.15, 0.2) is 36.7 Å². The Bertz CT molecular complexity index is 1110. The molecule has 0 fully saturated rings. The van der Waals surface area contributed by atoms with E-state index < -0.39 is 0 Å². The van der Waals surface area contributed by atoms with Gasteiger partial charge in [-0.3, -0.25) is 0 Å². The van der Waals surface area contributed by atoms with E-state index in [1.807, 2.05) is 19.4 Å². The Morgan fingerprint density at radius 1 is 1.08 bits per heavy atom. The summed E-state index contributed by atoms with van der Waals surface area (Å²) < 4.78 is 17.7. The van der Waals surface area contributed by atoms with Crippen molar-refractivity contribution in [1.29, 1.82) is 0 Å². The lowest BCUT2D eigenvalue weighted by Gasteiger charge is -2.11. The molecule has 24 heavy (non-hydrogen) atoms. The summed E-state index contributed by atoms with van der Waals surface area (Å²) in [6, 6.07) is 9.36. The maximum absolute atomic E-state index is 13.6. The number of aryl methyl sites for hydroxylation is 3. The third-order valence-corrected chi connectivity index (χ3v) is 5.77. The second-order valence-corrected chi connectivity index (χ2v) is 7.43. The lowest BCUT2D eigenvalue weighted by molar-refractivity contribution is -0.662. The van der Waals surface area contributed by atoms with Crippen molar-refractivity contribution in [2.24, 2.45) is 7.05 Å². The smallest absolute Gasteiger partial charge is 0.231 e. The molecular weight excluding hydrogens is 319 g/mol. The predicted octanol–water partition coefficient (Wildman–Crippen LogP) is 5.01. The minimum Gasteiger partial charge on any atom is -0.231 e. The molecule has 0 aliphatic rings. The average molecular weight is 337 g/mol. The molecule has 0 atom stereocenters. The minimum atomic E-state index is -0.206. The number of thiophene rings is 1. The predicted molar refractivity (Wildman–Crippen MR) is 97.9 cm³/mol. The molecule has 0 unspecified atom stereocenters. The highest BCUT2D eigenvalue weighted by Crippen LogP contribution is 2.38. The van der Waals surface area contributed by atoms with Crippen LogP contribution in [-0.4, -0.2) is 4.98 Å². The zero-order chi connectivity index (χ0) is 17.0. The highest BCUT2D eigenvalue weighted by Gasteiger charge is 2.22. The topological polar surface area (TPSA) is 16.8 Å². The van der Waals surface area contributed by atoms with Crippen LogP contribution in [0.1, 0.15) is 16.7 Å². The average Bonchev–Trinajstić information content (AvgIpc) is 2.88. The maximum atomic E-state index is 13.6. The summed E-state index contributed by atoms with van der Waals surface area (Å²) in [5.74, 6) is -0.206. The fourth-order valence-electron chi connectivity index (χ4n) is 3.31. The van der Waals surface area contributed by atoms with Gasteiger partial charge in [0.1, 0.15) is 10.5 Å². The van der Waals surface area contributed by atoms with Gasteiger partial charge >= 0.3 is 0 Å². The Morgan fingerprint density at radius 3 is 2.67 bits per heavy atom. The van der Waals surface area contributed by atoms with Crippen LogP contribution in [0, 0.1) is 26.6 Å². The summed E-state index contributed by atoms with van der Waals surface area (Å²) in [6.45, 7) is 6.42. The molecular formula is C20H18FN2S+. The van der Waals surface area contributed by atoms with Crippen molar-refractivity contribution in [3.63, 3.8) is 0 Å². The first-order valence-electron chi connectivity index (χ1n) is 7.90. The van der Waals surface area contributed by atoms with Crippen LogP contribution in [0.4, 0.5) is 4.39 Å². The quantitative estimate of drug-likeness (QED) is 0.446. The molecule has 0 N–H and O–H groups in total. The number of benzene rings is 2. The molecule has 0 bridgehead atoms.